The summed E-state index contributed by atoms with van der Waals surface area (Å²) >= 11 is 0. The van der Waals surface area contributed by atoms with Crippen molar-refractivity contribution in [2.45, 2.75) is 25.9 Å². The number of carboxylic acid groups (broad SMARTS) is 3. The summed E-state index contributed by atoms with van der Waals surface area (Å²) in [5, 5.41) is 49.9. The van der Waals surface area contributed by atoms with Crippen LogP contribution in [0.3, 0.4) is 0 Å². The average Bonchev–Trinajstić information content (AvgIpc) is 2.30. The molecule has 0 aliphatic rings. The van der Waals surface area contributed by atoms with Crippen LogP contribution in [0.2, 0.25) is 0 Å². The van der Waals surface area contributed by atoms with Crippen molar-refractivity contribution in [2.75, 3.05) is 13.2 Å². The Hall–Kier alpha value is -1.71. The third-order valence-electron chi connectivity index (χ3n) is 2.17. The Morgan fingerprint density at radius 3 is 1.42 bits per heavy atom. The maximum Gasteiger partial charge on any atom is 0.335 e. The lowest BCUT2D eigenvalue weighted by Gasteiger charge is -2.15. The van der Waals surface area contributed by atoms with Gasteiger partial charge >= 0.3 is 17.9 Å². The van der Waals surface area contributed by atoms with Crippen molar-refractivity contribution < 1.29 is 45.0 Å². The molecule has 0 aliphatic carbocycles. The lowest BCUT2D eigenvalue weighted by atomic mass is 9.90. The molecule has 0 aliphatic heterocycles. The van der Waals surface area contributed by atoms with E-state index >= 15 is 0 Å². The summed E-state index contributed by atoms with van der Waals surface area (Å²) in [4.78, 5) is 30.6. The number of hydrogen-bond acceptors (Lipinski definition) is 6. The van der Waals surface area contributed by atoms with Gasteiger partial charge in [0.15, 0.2) is 0 Å². The molecule has 19 heavy (non-hydrogen) atoms. The molecule has 0 aromatic rings. The van der Waals surface area contributed by atoms with Gasteiger partial charge in [-0.05, 0) is 6.42 Å². The van der Waals surface area contributed by atoms with Gasteiger partial charge in [-0.2, -0.15) is 0 Å². The predicted molar refractivity (Wildman–Crippen MR) is 60.4 cm³/mol. The Balaban J connectivity index is 0. The number of rotatable bonds is 7. The maximum atomic E-state index is 10.2. The Labute approximate surface area is 108 Å². The molecule has 0 spiro atoms. The fourth-order valence-electron chi connectivity index (χ4n) is 0.902. The first-order chi connectivity index (χ1) is 8.70. The Kier molecular flexibility index (Phi) is 9.56. The quantitative estimate of drug-likeness (QED) is 0.299. The number of aliphatic carboxylic acids is 3. The SMILES string of the molecule is CCCC(O)CO.O=C(O)C(CO)(C(=O)O)C(=O)O. The summed E-state index contributed by atoms with van der Waals surface area (Å²) in [6.07, 6.45) is 1.14. The molecular formula is C10H18O9. The first kappa shape index (κ1) is 19.6. The minimum Gasteiger partial charge on any atom is -0.480 e. The van der Waals surface area contributed by atoms with E-state index in [1.54, 1.807) is 0 Å². The van der Waals surface area contributed by atoms with Gasteiger partial charge in [0.05, 0.1) is 19.3 Å². The topological polar surface area (TPSA) is 173 Å². The van der Waals surface area contributed by atoms with Crippen molar-refractivity contribution in [2.24, 2.45) is 5.41 Å². The van der Waals surface area contributed by atoms with Crippen molar-refractivity contribution >= 4 is 17.9 Å². The number of aliphatic hydroxyl groups is 3. The summed E-state index contributed by atoms with van der Waals surface area (Å²) in [6, 6.07) is 0. The maximum absolute atomic E-state index is 10.2. The molecule has 0 saturated carbocycles. The zero-order chi connectivity index (χ0) is 15.6. The monoisotopic (exact) mass is 282 g/mol. The highest BCUT2D eigenvalue weighted by Crippen LogP contribution is 2.17. The van der Waals surface area contributed by atoms with Crippen molar-refractivity contribution in [1.82, 2.24) is 0 Å². The van der Waals surface area contributed by atoms with Gasteiger partial charge in [0, 0.05) is 0 Å². The van der Waals surface area contributed by atoms with Gasteiger partial charge in [0.1, 0.15) is 0 Å². The second-order valence-corrected chi connectivity index (χ2v) is 3.60. The smallest absolute Gasteiger partial charge is 0.335 e. The number of carboxylic acids is 3. The van der Waals surface area contributed by atoms with Gasteiger partial charge in [0.2, 0.25) is 0 Å². The van der Waals surface area contributed by atoms with Crippen LogP contribution in [0.25, 0.3) is 0 Å². The molecule has 1 unspecified atom stereocenters. The molecule has 0 aromatic heterocycles. The van der Waals surface area contributed by atoms with Gasteiger partial charge in [0.25, 0.3) is 5.41 Å². The van der Waals surface area contributed by atoms with E-state index in [1.807, 2.05) is 6.92 Å². The van der Waals surface area contributed by atoms with Crippen LogP contribution in [-0.4, -0.2) is 67.9 Å². The fourth-order valence-corrected chi connectivity index (χ4v) is 0.902. The first-order valence-corrected chi connectivity index (χ1v) is 5.30. The van der Waals surface area contributed by atoms with Crippen LogP contribution >= 0.6 is 0 Å². The molecule has 0 aromatic carbocycles. The van der Waals surface area contributed by atoms with E-state index in [0.717, 1.165) is 6.42 Å². The first-order valence-electron chi connectivity index (χ1n) is 5.30. The van der Waals surface area contributed by atoms with Gasteiger partial charge in [-0.1, -0.05) is 13.3 Å². The van der Waals surface area contributed by atoms with E-state index < -0.39 is 36.0 Å². The van der Waals surface area contributed by atoms with Gasteiger partial charge < -0.3 is 30.6 Å². The van der Waals surface area contributed by atoms with E-state index in [1.165, 1.54) is 0 Å². The van der Waals surface area contributed by atoms with Crippen molar-refractivity contribution in [3.63, 3.8) is 0 Å². The molecule has 0 fully saturated rings. The minimum atomic E-state index is -3.15. The van der Waals surface area contributed by atoms with Gasteiger partial charge in [-0.3, -0.25) is 14.4 Å². The summed E-state index contributed by atoms with van der Waals surface area (Å²) in [5.74, 6) is -6.32. The van der Waals surface area contributed by atoms with E-state index in [9.17, 15) is 14.4 Å². The van der Waals surface area contributed by atoms with Crippen LogP contribution < -0.4 is 0 Å². The van der Waals surface area contributed by atoms with Crippen LogP contribution in [0.1, 0.15) is 19.8 Å². The number of aliphatic hydroxyl groups excluding tert-OH is 3. The molecule has 0 amide bonds. The summed E-state index contributed by atoms with van der Waals surface area (Å²) in [6.45, 7) is 0.375. The molecule has 1 atom stereocenters. The summed E-state index contributed by atoms with van der Waals surface area (Å²) < 4.78 is 0. The van der Waals surface area contributed by atoms with Gasteiger partial charge in [-0.15, -0.1) is 0 Å². The van der Waals surface area contributed by atoms with Gasteiger partial charge in [-0.25, -0.2) is 0 Å². The Morgan fingerprint density at radius 2 is 1.37 bits per heavy atom. The predicted octanol–water partition coefficient (Wildman–Crippen LogP) is -1.64. The number of carbonyl (C=O) groups is 3. The van der Waals surface area contributed by atoms with Crippen LogP contribution in [0.5, 0.6) is 0 Å². The molecule has 0 radical (unpaired) electrons. The zero-order valence-electron chi connectivity index (χ0n) is 10.3. The molecule has 9 nitrogen and oxygen atoms in total. The Morgan fingerprint density at radius 1 is 1.00 bits per heavy atom. The van der Waals surface area contributed by atoms with Crippen LogP contribution in [0, 0.1) is 5.41 Å². The fraction of sp³-hybridized carbons (Fsp3) is 0.700. The normalized spacial score (nSPS) is 12.0. The molecule has 9 heteroatoms. The van der Waals surface area contributed by atoms with Crippen molar-refractivity contribution in [3.8, 4) is 0 Å². The van der Waals surface area contributed by atoms with Crippen LogP contribution in [0.15, 0.2) is 0 Å². The van der Waals surface area contributed by atoms with Crippen LogP contribution in [0.4, 0.5) is 0 Å². The minimum absolute atomic E-state index is 0.103. The largest absolute Gasteiger partial charge is 0.480 e. The van der Waals surface area contributed by atoms with E-state index in [2.05, 4.69) is 0 Å². The zero-order valence-corrected chi connectivity index (χ0v) is 10.3. The lowest BCUT2D eigenvalue weighted by Crippen LogP contribution is -2.49. The molecular weight excluding hydrogens is 264 g/mol. The average molecular weight is 282 g/mol. The van der Waals surface area contributed by atoms with Crippen molar-refractivity contribution in [1.29, 1.82) is 0 Å². The highest BCUT2D eigenvalue weighted by molar-refractivity contribution is 6.16. The second-order valence-electron chi connectivity index (χ2n) is 3.60. The summed E-state index contributed by atoms with van der Waals surface area (Å²) in [5.41, 5.74) is -3.15. The lowest BCUT2D eigenvalue weighted by molar-refractivity contribution is -0.178. The van der Waals surface area contributed by atoms with Crippen LogP contribution in [-0.2, 0) is 14.4 Å². The second kappa shape index (κ2) is 9.25. The molecule has 0 bridgehead atoms. The third kappa shape index (κ3) is 5.64. The highest BCUT2D eigenvalue weighted by atomic mass is 16.4. The van der Waals surface area contributed by atoms with Crippen molar-refractivity contribution in [3.05, 3.63) is 0 Å². The Bertz CT molecular complexity index is 276. The van der Waals surface area contributed by atoms with E-state index in [4.69, 9.17) is 30.6 Å². The molecule has 112 valence electrons. The highest BCUT2D eigenvalue weighted by Gasteiger charge is 2.54. The standard InChI is InChI=1S/C5H6O7.C5H12O2/c6-1-5(2(7)8,3(9)10)4(11)12;1-2-3-5(7)4-6/h6H,1H2,(H,7,8)(H,9,10)(H,11,12);5-7H,2-4H2,1H3. The number of hydrogen-bond donors (Lipinski definition) is 6. The molecule has 0 saturated heterocycles. The van der Waals surface area contributed by atoms with E-state index in [0.29, 0.717) is 6.42 Å². The molecule has 6 N–H and O–H groups in total. The third-order valence-corrected chi connectivity index (χ3v) is 2.17. The molecule has 0 rings (SSSR count). The summed E-state index contributed by atoms with van der Waals surface area (Å²) in [7, 11) is 0. The molecule has 0 heterocycles. The van der Waals surface area contributed by atoms with E-state index in [-0.39, 0.29) is 6.61 Å².